The van der Waals surface area contributed by atoms with Gasteiger partial charge >= 0.3 is 0 Å². The summed E-state index contributed by atoms with van der Waals surface area (Å²) in [6, 6.07) is 5.29. The molecule has 1 saturated heterocycles. The number of hydrogen-bond acceptors (Lipinski definition) is 4. The summed E-state index contributed by atoms with van der Waals surface area (Å²) in [5.41, 5.74) is 0.592. The van der Waals surface area contributed by atoms with E-state index in [1.165, 1.54) is 0 Å². The molecule has 20 heavy (non-hydrogen) atoms. The molecule has 0 amide bonds. The maximum absolute atomic E-state index is 12.8. The van der Waals surface area contributed by atoms with Gasteiger partial charge in [0.2, 0.25) is 0 Å². The lowest BCUT2D eigenvalue weighted by molar-refractivity contribution is 0.0490. The van der Waals surface area contributed by atoms with Crippen LogP contribution in [-0.2, 0) is 4.74 Å². The van der Waals surface area contributed by atoms with Crippen molar-refractivity contribution in [3.63, 3.8) is 0 Å². The molecule has 1 aromatic carbocycles. The highest BCUT2D eigenvalue weighted by atomic mass is 16.5. The van der Waals surface area contributed by atoms with E-state index in [-0.39, 0.29) is 29.8 Å². The molecule has 1 aromatic rings. The Labute approximate surface area is 120 Å². The first-order valence-electron chi connectivity index (χ1n) is 6.91. The molecule has 0 bridgehead atoms. The van der Waals surface area contributed by atoms with Gasteiger partial charge in [-0.25, -0.2) is 0 Å². The Morgan fingerprint density at radius 3 is 2.30 bits per heavy atom. The number of Topliss-reactive ketones (excluding diaryl/α,β-unsaturated/α-hetero) is 1. The van der Waals surface area contributed by atoms with Crippen molar-refractivity contribution in [1.82, 2.24) is 0 Å². The quantitative estimate of drug-likeness (QED) is 0.794. The molecule has 0 aliphatic carbocycles. The van der Waals surface area contributed by atoms with Crippen LogP contribution in [0.3, 0.4) is 0 Å². The van der Waals surface area contributed by atoms with Gasteiger partial charge in [0.05, 0.1) is 37.9 Å². The molecule has 0 aromatic heterocycles. The van der Waals surface area contributed by atoms with Crippen molar-refractivity contribution >= 4 is 5.78 Å². The van der Waals surface area contributed by atoms with Gasteiger partial charge in [-0.3, -0.25) is 4.79 Å². The van der Waals surface area contributed by atoms with Crippen LogP contribution in [0.2, 0.25) is 0 Å². The number of hydrogen-bond donors (Lipinski definition) is 0. The van der Waals surface area contributed by atoms with Gasteiger partial charge in [0.1, 0.15) is 11.5 Å². The second-order valence-corrected chi connectivity index (χ2v) is 5.36. The molecule has 110 valence electrons. The SMILES string of the molecule is COc1ccc(C(=O)C2C(C)OC(C)C2C)c(OC)c1. The van der Waals surface area contributed by atoms with Crippen LogP contribution >= 0.6 is 0 Å². The minimum Gasteiger partial charge on any atom is -0.497 e. The number of carbonyl (C=O) groups excluding carboxylic acids is 1. The second-order valence-electron chi connectivity index (χ2n) is 5.36. The number of ether oxygens (including phenoxy) is 3. The standard InChI is InChI=1S/C16H22O4/c1-9-10(2)20-11(3)15(9)16(17)13-7-6-12(18-4)8-14(13)19-5/h6-11,15H,1-5H3. The summed E-state index contributed by atoms with van der Waals surface area (Å²) >= 11 is 0. The smallest absolute Gasteiger partial charge is 0.172 e. The first-order valence-corrected chi connectivity index (χ1v) is 6.91. The van der Waals surface area contributed by atoms with Crippen LogP contribution in [0.1, 0.15) is 31.1 Å². The highest BCUT2D eigenvalue weighted by Gasteiger charge is 2.42. The highest BCUT2D eigenvalue weighted by molar-refractivity contribution is 6.01. The Hall–Kier alpha value is -1.55. The van der Waals surface area contributed by atoms with Crippen molar-refractivity contribution < 1.29 is 19.0 Å². The molecule has 4 nitrogen and oxygen atoms in total. The minimum absolute atomic E-state index is 0.0701. The van der Waals surface area contributed by atoms with Gasteiger partial charge in [-0.05, 0) is 31.9 Å². The van der Waals surface area contributed by atoms with E-state index in [9.17, 15) is 4.79 Å². The van der Waals surface area contributed by atoms with Crippen LogP contribution < -0.4 is 9.47 Å². The summed E-state index contributed by atoms with van der Waals surface area (Å²) < 4.78 is 16.2. The first kappa shape index (κ1) is 14.9. The molecule has 0 N–H and O–H groups in total. The van der Waals surface area contributed by atoms with Crippen molar-refractivity contribution in [3.8, 4) is 11.5 Å². The topological polar surface area (TPSA) is 44.8 Å². The Morgan fingerprint density at radius 2 is 1.80 bits per heavy atom. The summed E-state index contributed by atoms with van der Waals surface area (Å²) in [4.78, 5) is 12.8. The summed E-state index contributed by atoms with van der Waals surface area (Å²) in [7, 11) is 3.15. The van der Waals surface area contributed by atoms with E-state index >= 15 is 0 Å². The molecule has 1 heterocycles. The molecular weight excluding hydrogens is 256 g/mol. The lowest BCUT2D eigenvalue weighted by Crippen LogP contribution is -2.27. The lowest BCUT2D eigenvalue weighted by atomic mass is 9.83. The average molecular weight is 278 g/mol. The van der Waals surface area contributed by atoms with Crippen LogP contribution in [0.25, 0.3) is 0 Å². The van der Waals surface area contributed by atoms with E-state index in [2.05, 4.69) is 6.92 Å². The van der Waals surface area contributed by atoms with Crippen LogP contribution in [0, 0.1) is 11.8 Å². The predicted octanol–water partition coefficient (Wildman–Crippen LogP) is 2.95. The van der Waals surface area contributed by atoms with Crippen LogP contribution in [0.5, 0.6) is 11.5 Å². The molecule has 0 saturated carbocycles. The molecule has 1 aliphatic rings. The third kappa shape index (κ3) is 2.52. The summed E-state index contributed by atoms with van der Waals surface area (Å²) in [6.07, 6.45) is 0.0301. The molecule has 4 unspecified atom stereocenters. The van der Waals surface area contributed by atoms with E-state index in [4.69, 9.17) is 14.2 Å². The maximum Gasteiger partial charge on any atom is 0.172 e. The Bertz CT molecular complexity index is 497. The minimum atomic E-state index is -0.132. The van der Waals surface area contributed by atoms with Gasteiger partial charge in [0.25, 0.3) is 0 Å². The Morgan fingerprint density at radius 1 is 1.10 bits per heavy atom. The molecular formula is C16H22O4. The number of carbonyl (C=O) groups is 1. The van der Waals surface area contributed by atoms with Crippen molar-refractivity contribution in [2.24, 2.45) is 11.8 Å². The van der Waals surface area contributed by atoms with Crippen molar-refractivity contribution in [1.29, 1.82) is 0 Å². The third-order valence-corrected chi connectivity index (χ3v) is 4.22. The number of methoxy groups -OCH3 is 2. The molecule has 4 atom stereocenters. The van der Waals surface area contributed by atoms with Gasteiger partial charge in [0, 0.05) is 6.07 Å². The molecule has 0 radical (unpaired) electrons. The van der Waals surface area contributed by atoms with Gasteiger partial charge in [0.15, 0.2) is 5.78 Å². The molecule has 1 aliphatic heterocycles. The fourth-order valence-electron chi connectivity index (χ4n) is 2.90. The Kier molecular flexibility index (Phi) is 4.33. The van der Waals surface area contributed by atoms with Gasteiger partial charge in [-0.1, -0.05) is 6.92 Å². The summed E-state index contributed by atoms with van der Waals surface area (Å²) in [5.74, 6) is 1.37. The van der Waals surface area contributed by atoms with E-state index in [0.29, 0.717) is 17.1 Å². The van der Waals surface area contributed by atoms with Crippen LogP contribution in [-0.4, -0.2) is 32.2 Å². The third-order valence-electron chi connectivity index (χ3n) is 4.22. The van der Waals surface area contributed by atoms with Crippen molar-refractivity contribution in [3.05, 3.63) is 23.8 Å². The fraction of sp³-hybridized carbons (Fsp3) is 0.562. The van der Waals surface area contributed by atoms with E-state index in [0.717, 1.165) is 0 Å². The Balaban J connectivity index is 2.34. The second kappa shape index (κ2) is 5.83. The van der Waals surface area contributed by atoms with Crippen LogP contribution in [0.4, 0.5) is 0 Å². The number of ketones is 1. The largest absolute Gasteiger partial charge is 0.497 e. The number of benzene rings is 1. The molecule has 1 fully saturated rings. The highest BCUT2D eigenvalue weighted by Crippen LogP contribution is 2.37. The van der Waals surface area contributed by atoms with E-state index in [1.807, 2.05) is 13.8 Å². The van der Waals surface area contributed by atoms with E-state index in [1.54, 1.807) is 32.4 Å². The molecule has 2 rings (SSSR count). The maximum atomic E-state index is 12.8. The van der Waals surface area contributed by atoms with Gasteiger partial charge < -0.3 is 14.2 Å². The zero-order chi connectivity index (χ0) is 14.9. The lowest BCUT2D eigenvalue weighted by Gasteiger charge is -2.19. The molecule has 4 heteroatoms. The van der Waals surface area contributed by atoms with Crippen molar-refractivity contribution in [2.75, 3.05) is 14.2 Å². The zero-order valence-corrected chi connectivity index (χ0v) is 12.7. The predicted molar refractivity (Wildman–Crippen MR) is 76.5 cm³/mol. The van der Waals surface area contributed by atoms with Crippen LogP contribution in [0.15, 0.2) is 18.2 Å². The molecule has 0 spiro atoms. The fourth-order valence-corrected chi connectivity index (χ4v) is 2.90. The van der Waals surface area contributed by atoms with Gasteiger partial charge in [-0.2, -0.15) is 0 Å². The van der Waals surface area contributed by atoms with Crippen molar-refractivity contribution in [2.45, 2.75) is 33.0 Å². The van der Waals surface area contributed by atoms with Gasteiger partial charge in [-0.15, -0.1) is 0 Å². The monoisotopic (exact) mass is 278 g/mol. The normalized spacial score (nSPS) is 29.2. The van der Waals surface area contributed by atoms with E-state index < -0.39 is 0 Å². The summed E-state index contributed by atoms with van der Waals surface area (Å²) in [5, 5.41) is 0. The average Bonchev–Trinajstić information content (AvgIpc) is 2.70. The number of rotatable bonds is 4. The zero-order valence-electron chi connectivity index (χ0n) is 12.7. The summed E-state index contributed by atoms with van der Waals surface area (Å²) in [6.45, 7) is 6.03. The first-order chi connectivity index (χ1) is 9.49.